The third-order valence-corrected chi connectivity index (χ3v) is 4.48. The Bertz CT molecular complexity index is 905. The van der Waals surface area contributed by atoms with Gasteiger partial charge in [0.25, 0.3) is 5.56 Å². The van der Waals surface area contributed by atoms with E-state index in [-0.39, 0.29) is 23.8 Å². The maximum Gasteiger partial charge on any atom is 0.267 e. The standard InChI is InChI=1S/C18H16FN3O2S/c19-14-5-3-13(4-6-14)9-10-20-17(23)12-22-18(24)8-7-15(21-22)16-2-1-11-25-16/h1-8,11H,9-10,12H2,(H,20,23). The molecular weight excluding hydrogens is 341 g/mol. The molecule has 0 saturated carbocycles. The highest BCUT2D eigenvalue weighted by Crippen LogP contribution is 2.20. The number of thiophene rings is 1. The fraction of sp³-hybridized carbons (Fsp3) is 0.167. The molecule has 128 valence electrons. The number of nitrogens with zero attached hydrogens (tertiary/aromatic N) is 2. The number of halogens is 1. The van der Waals surface area contributed by atoms with Crippen molar-refractivity contribution in [2.75, 3.05) is 6.54 Å². The lowest BCUT2D eigenvalue weighted by atomic mass is 10.1. The van der Waals surface area contributed by atoms with Gasteiger partial charge < -0.3 is 5.32 Å². The highest BCUT2D eigenvalue weighted by atomic mass is 32.1. The van der Waals surface area contributed by atoms with Crippen LogP contribution in [0.1, 0.15) is 5.56 Å². The average molecular weight is 357 g/mol. The lowest BCUT2D eigenvalue weighted by Crippen LogP contribution is -2.34. The lowest BCUT2D eigenvalue weighted by Gasteiger charge is -2.08. The minimum Gasteiger partial charge on any atom is -0.354 e. The number of amides is 1. The molecule has 2 aromatic heterocycles. The van der Waals surface area contributed by atoms with Crippen molar-refractivity contribution < 1.29 is 9.18 Å². The molecule has 7 heteroatoms. The first-order valence-corrected chi connectivity index (χ1v) is 8.63. The van der Waals surface area contributed by atoms with Gasteiger partial charge in [-0.3, -0.25) is 9.59 Å². The number of carbonyl (C=O) groups excluding carboxylic acids is 1. The second kappa shape index (κ2) is 7.85. The van der Waals surface area contributed by atoms with Gasteiger partial charge in [0.1, 0.15) is 18.1 Å². The normalized spacial score (nSPS) is 10.6. The molecule has 3 rings (SSSR count). The molecule has 1 N–H and O–H groups in total. The van der Waals surface area contributed by atoms with Crippen molar-refractivity contribution in [3.05, 3.63) is 75.6 Å². The van der Waals surface area contributed by atoms with Crippen molar-refractivity contribution >= 4 is 17.2 Å². The van der Waals surface area contributed by atoms with Crippen LogP contribution in [0.25, 0.3) is 10.6 Å². The summed E-state index contributed by atoms with van der Waals surface area (Å²) < 4.78 is 14.0. The van der Waals surface area contributed by atoms with Crippen molar-refractivity contribution in [2.24, 2.45) is 0 Å². The summed E-state index contributed by atoms with van der Waals surface area (Å²) >= 11 is 1.52. The predicted molar refractivity (Wildman–Crippen MR) is 94.9 cm³/mol. The Morgan fingerprint density at radius 3 is 2.68 bits per heavy atom. The van der Waals surface area contributed by atoms with Crippen LogP contribution < -0.4 is 10.9 Å². The molecule has 0 spiro atoms. The molecule has 1 aromatic carbocycles. The van der Waals surface area contributed by atoms with Gasteiger partial charge in [-0.15, -0.1) is 11.3 Å². The number of hydrogen-bond donors (Lipinski definition) is 1. The fourth-order valence-corrected chi connectivity index (χ4v) is 3.00. The summed E-state index contributed by atoms with van der Waals surface area (Å²) in [6, 6.07) is 13.0. The third-order valence-electron chi connectivity index (χ3n) is 3.58. The Balaban J connectivity index is 1.58. The summed E-state index contributed by atoms with van der Waals surface area (Å²) in [6.07, 6.45) is 0.587. The smallest absolute Gasteiger partial charge is 0.267 e. The van der Waals surface area contributed by atoms with Crippen LogP contribution in [0.5, 0.6) is 0 Å². The van der Waals surface area contributed by atoms with Crippen molar-refractivity contribution in [1.82, 2.24) is 15.1 Å². The van der Waals surface area contributed by atoms with Crippen molar-refractivity contribution in [3.63, 3.8) is 0 Å². The zero-order valence-electron chi connectivity index (χ0n) is 13.3. The van der Waals surface area contributed by atoms with E-state index in [9.17, 15) is 14.0 Å². The summed E-state index contributed by atoms with van der Waals surface area (Å²) in [4.78, 5) is 24.9. The van der Waals surface area contributed by atoms with Crippen LogP contribution >= 0.6 is 11.3 Å². The van der Waals surface area contributed by atoms with E-state index in [4.69, 9.17) is 0 Å². The highest BCUT2D eigenvalue weighted by Gasteiger charge is 2.08. The first kappa shape index (κ1) is 17.0. The maximum absolute atomic E-state index is 12.8. The third kappa shape index (κ3) is 4.60. The van der Waals surface area contributed by atoms with Crippen LogP contribution in [0.4, 0.5) is 4.39 Å². The van der Waals surface area contributed by atoms with Gasteiger partial charge in [0.05, 0.1) is 4.88 Å². The van der Waals surface area contributed by atoms with Crippen LogP contribution in [-0.4, -0.2) is 22.2 Å². The molecule has 0 bridgehead atoms. The van der Waals surface area contributed by atoms with Crippen molar-refractivity contribution in [3.8, 4) is 10.6 Å². The molecule has 2 heterocycles. The first-order valence-electron chi connectivity index (χ1n) is 7.75. The summed E-state index contributed by atoms with van der Waals surface area (Å²) in [7, 11) is 0. The van der Waals surface area contributed by atoms with Crippen LogP contribution in [-0.2, 0) is 17.8 Å². The van der Waals surface area contributed by atoms with Crippen LogP contribution in [0.2, 0.25) is 0 Å². The topological polar surface area (TPSA) is 64.0 Å². The molecule has 3 aromatic rings. The number of hydrogen-bond acceptors (Lipinski definition) is 4. The maximum atomic E-state index is 12.8. The molecule has 0 aliphatic carbocycles. The van der Waals surface area contributed by atoms with Crippen LogP contribution in [0.3, 0.4) is 0 Å². The highest BCUT2D eigenvalue weighted by molar-refractivity contribution is 7.13. The van der Waals surface area contributed by atoms with E-state index in [2.05, 4.69) is 10.4 Å². The molecule has 25 heavy (non-hydrogen) atoms. The Hall–Kier alpha value is -2.80. The Morgan fingerprint density at radius 2 is 1.96 bits per heavy atom. The predicted octanol–water partition coefficient (Wildman–Crippen LogP) is 2.47. The van der Waals surface area contributed by atoms with E-state index in [1.165, 1.54) is 29.5 Å². The van der Waals surface area contributed by atoms with Gasteiger partial charge in [-0.25, -0.2) is 9.07 Å². The van der Waals surface area contributed by atoms with Gasteiger partial charge in [-0.2, -0.15) is 5.10 Å². The van der Waals surface area contributed by atoms with E-state index in [0.29, 0.717) is 18.7 Å². The largest absolute Gasteiger partial charge is 0.354 e. The van der Waals surface area contributed by atoms with E-state index < -0.39 is 0 Å². The van der Waals surface area contributed by atoms with Crippen molar-refractivity contribution in [2.45, 2.75) is 13.0 Å². The molecule has 0 atom stereocenters. The summed E-state index contributed by atoms with van der Waals surface area (Å²) in [5.74, 6) is -0.580. The quantitative estimate of drug-likeness (QED) is 0.737. The van der Waals surface area contributed by atoms with Crippen molar-refractivity contribution in [1.29, 1.82) is 0 Å². The van der Waals surface area contributed by atoms with Crippen LogP contribution in [0.15, 0.2) is 58.7 Å². The van der Waals surface area contributed by atoms with E-state index in [1.54, 1.807) is 18.2 Å². The molecule has 5 nitrogen and oxygen atoms in total. The number of nitrogens with one attached hydrogen (secondary N) is 1. The average Bonchev–Trinajstić information content (AvgIpc) is 3.13. The van der Waals surface area contributed by atoms with Gasteiger partial charge in [0, 0.05) is 12.6 Å². The molecule has 0 aliphatic heterocycles. The van der Waals surface area contributed by atoms with Gasteiger partial charge in [-0.05, 0) is 41.6 Å². The monoisotopic (exact) mass is 357 g/mol. The minimum atomic E-state index is -0.325. The summed E-state index contributed by atoms with van der Waals surface area (Å²) in [5, 5.41) is 8.91. The minimum absolute atomic E-state index is 0.137. The molecule has 0 unspecified atom stereocenters. The van der Waals surface area contributed by atoms with Gasteiger partial charge in [0.15, 0.2) is 0 Å². The lowest BCUT2D eigenvalue weighted by molar-refractivity contribution is -0.121. The molecular formula is C18H16FN3O2S. The van der Waals surface area contributed by atoms with E-state index >= 15 is 0 Å². The number of carbonyl (C=O) groups is 1. The molecule has 1 amide bonds. The zero-order chi connectivity index (χ0) is 17.6. The molecule has 0 radical (unpaired) electrons. The molecule has 0 fully saturated rings. The Kier molecular flexibility index (Phi) is 5.35. The molecule has 0 saturated heterocycles. The fourth-order valence-electron chi connectivity index (χ4n) is 2.31. The second-order valence-electron chi connectivity index (χ2n) is 5.42. The SMILES string of the molecule is O=C(Cn1nc(-c2cccs2)ccc1=O)NCCc1ccc(F)cc1. The first-order chi connectivity index (χ1) is 12.1. The van der Waals surface area contributed by atoms with E-state index in [0.717, 1.165) is 15.1 Å². The van der Waals surface area contributed by atoms with Crippen LogP contribution in [0, 0.1) is 5.82 Å². The summed E-state index contributed by atoms with van der Waals surface area (Å²) in [6.45, 7) is 0.269. The van der Waals surface area contributed by atoms with Gasteiger partial charge in [-0.1, -0.05) is 18.2 Å². The van der Waals surface area contributed by atoms with Gasteiger partial charge in [0.2, 0.25) is 5.91 Å². The number of benzene rings is 1. The number of rotatable bonds is 6. The zero-order valence-corrected chi connectivity index (χ0v) is 14.1. The second-order valence-corrected chi connectivity index (χ2v) is 6.37. The number of aromatic nitrogens is 2. The van der Waals surface area contributed by atoms with Gasteiger partial charge >= 0.3 is 0 Å². The Labute approximate surface area is 147 Å². The molecule has 0 aliphatic rings. The summed E-state index contributed by atoms with van der Waals surface area (Å²) in [5.41, 5.74) is 1.26. The van der Waals surface area contributed by atoms with E-state index in [1.807, 2.05) is 17.5 Å². The Morgan fingerprint density at radius 1 is 1.16 bits per heavy atom.